The Kier molecular flexibility index (Phi) is 3.05. The third-order valence-corrected chi connectivity index (χ3v) is 7.26. The summed E-state index contributed by atoms with van der Waals surface area (Å²) in [5.41, 5.74) is -0.443. The Labute approximate surface area is 152 Å². The number of likely N-dealkylation sites (tertiary alicyclic amines) is 1. The zero-order chi connectivity index (χ0) is 18.5. The van der Waals surface area contributed by atoms with Crippen LogP contribution in [0, 0.1) is 11.1 Å². The molecule has 1 saturated heterocycles. The lowest BCUT2D eigenvalue weighted by Gasteiger charge is -2.67. The van der Waals surface area contributed by atoms with Gasteiger partial charge >= 0.3 is 0 Å². The van der Waals surface area contributed by atoms with Crippen molar-refractivity contribution in [2.45, 2.75) is 62.7 Å². The van der Waals surface area contributed by atoms with Gasteiger partial charge < -0.3 is 24.8 Å². The van der Waals surface area contributed by atoms with Crippen LogP contribution in [0.2, 0.25) is 0 Å². The van der Waals surface area contributed by atoms with E-state index in [4.69, 9.17) is 4.74 Å². The molecule has 0 aromatic heterocycles. The van der Waals surface area contributed by atoms with Gasteiger partial charge in [0.2, 0.25) is 0 Å². The molecule has 1 spiro atoms. The maximum absolute atomic E-state index is 13.8. The van der Waals surface area contributed by atoms with Crippen LogP contribution in [0.1, 0.15) is 44.2 Å². The molecule has 1 aromatic carbocycles. The molecule has 2 aliphatic heterocycles. The fraction of sp³-hybridized carbons (Fsp3) is 0.650. The molecule has 6 heteroatoms. The smallest absolute Gasteiger partial charge is 0.174 e. The number of nitrogens with zero attached hydrogens (tertiary/aromatic N) is 1. The van der Waals surface area contributed by atoms with Crippen LogP contribution < -0.4 is 4.74 Å². The van der Waals surface area contributed by atoms with Gasteiger partial charge in [-0.3, -0.25) is 4.79 Å². The summed E-state index contributed by atoms with van der Waals surface area (Å²) >= 11 is 0. The lowest BCUT2D eigenvalue weighted by molar-refractivity contribution is -0.925. The Morgan fingerprint density at radius 3 is 2.88 bits per heavy atom. The molecule has 2 bridgehead atoms. The molecule has 5 atom stereocenters. The summed E-state index contributed by atoms with van der Waals surface area (Å²) in [6, 6.07) is 2.91. The second-order valence-corrected chi connectivity index (χ2v) is 9.03. The molecule has 2 N–H and O–H groups in total. The number of hydroxylamine groups is 3. The highest BCUT2D eigenvalue weighted by molar-refractivity contribution is 5.90. The number of hydrogen-bond donors (Lipinski definition) is 2. The monoisotopic (exact) mass is 359 g/mol. The molecule has 4 aliphatic rings. The number of Topliss-reactive ketones (excluding diaryl/α,β-unsaturated/α-hetero) is 1. The van der Waals surface area contributed by atoms with E-state index in [1.54, 1.807) is 6.07 Å². The van der Waals surface area contributed by atoms with Gasteiger partial charge in [-0.05, 0) is 18.1 Å². The van der Waals surface area contributed by atoms with Gasteiger partial charge in [-0.1, -0.05) is 19.9 Å². The van der Waals surface area contributed by atoms with E-state index in [1.165, 1.54) is 0 Å². The number of quaternary nitrogens is 1. The van der Waals surface area contributed by atoms with E-state index in [-0.39, 0.29) is 23.9 Å². The normalized spacial score (nSPS) is 42.6. The van der Waals surface area contributed by atoms with Crippen LogP contribution in [0.3, 0.4) is 0 Å². The molecule has 1 aromatic rings. The number of aromatic hydroxyl groups is 1. The molecule has 2 aliphatic carbocycles. The van der Waals surface area contributed by atoms with E-state index in [0.29, 0.717) is 38.1 Å². The zero-order valence-corrected chi connectivity index (χ0v) is 15.2. The average Bonchev–Trinajstić information content (AvgIpc) is 2.92. The maximum Gasteiger partial charge on any atom is 0.174 e. The molecule has 1 unspecified atom stereocenters. The van der Waals surface area contributed by atoms with Crippen molar-refractivity contribution < 1.29 is 24.4 Å². The third kappa shape index (κ3) is 1.66. The van der Waals surface area contributed by atoms with Crippen molar-refractivity contribution in [1.82, 2.24) is 0 Å². The number of benzene rings is 1. The number of phenols is 1. The van der Waals surface area contributed by atoms with E-state index in [2.05, 4.69) is 0 Å². The van der Waals surface area contributed by atoms with Gasteiger partial charge in [-0.2, -0.15) is 0 Å². The quantitative estimate of drug-likeness (QED) is 0.621. The number of piperidine rings is 1. The zero-order valence-electron chi connectivity index (χ0n) is 15.2. The molecular weight excluding hydrogens is 334 g/mol. The second-order valence-electron chi connectivity index (χ2n) is 9.03. The van der Waals surface area contributed by atoms with Gasteiger partial charge in [0.05, 0.1) is 18.5 Å². The summed E-state index contributed by atoms with van der Waals surface area (Å²) in [5.74, 6) is 0.542. The third-order valence-electron chi connectivity index (χ3n) is 7.26. The maximum atomic E-state index is 13.8. The van der Waals surface area contributed by atoms with E-state index < -0.39 is 27.8 Å². The molecule has 0 amide bonds. The lowest BCUT2D eigenvalue weighted by atomic mass is 9.48. The number of phenolic OH excluding ortho intramolecular Hbond substituents is 1. The first-order valence-electron chi connectivity index (χ1n) is 9.58. The molecule has 140 valence electrons. The number of carbonyl (C=O) groups is 1. The molecule has 5 rings (SSSR count). The highest BCUT2D eigenvalue weighted by Crippen LogP contribution is 2.65. The van der Waals surface area contributed by atoms with Crippen LogP contribution in [-0.4, -0.2) is 51.5 Å². The van der Waals surface area contributed by atoms with Crippen molar-refractivity contribution in [2.75, 3.05) is 13.1 Å². The molecular formula is C20H25NO5. The van der Waals surface area contributed by atoms with Crippen molar-refractivity contribution in [2.24, 2.45) is 5.92 Å². The van der Waals surface area contributed by atoms with Crippen LogP contribution >= 0.6 is 0 Å². The highest BCUT2D eigenvalue weighted by Gasteiger charge is 2.75. The minimum absolute atomic E-state index is 0.0109. The first-order chi connectivity index (χ1) is 12.2. The van der Waals surface area contributed by atoms with Crippen molar-refractivity contribution >= 4 is 5.78 Å². The molecule has 2 fully saturated rings. The van der Waals surface area contributed by atoms with E-state index >= 15 is 0 Å². The molecule has 6 nitrogen and oxygen atoms in total. The van der Waals surface area contributed by atoms with Crippen molar-refractivity contribution in [3.05, 3.63) is 28.5 Å². The fourth-order valence-electron chi connectivity index (χ4n) is 6.42. The minimum Gasteiger partial charge on any atom is -0.632 e. The summed E-state index contributed by atoms with van der Waals surface area (Å²) in [7, 11) is 0. The summed E-state index contributed by atoms with van der Waals surface area (Å²) < 4.78 is 5.56. The topological polar surface area (TPSA) is 89.8 Å². The summed E-state index contributed by atoms with van der Waals surface area (Å²) in [5, 5.41) is 36.1. The second kappa shape index (κ2) is 4.80. The van der Waals surface area contributed by atoms with E-state index in [0.717, 1.165) is 11.1 Å². The van der Waals surface area contributed by atoms with Crippen molar-refractivity contribution in [3.63, 3.8) is 0 Å². The Morgan fingerprint density at radius 2 is 2.15 bits per heavy atom. The van der Waals surface area contributed by atoms with Gasteiger partial charge in [0.25, 0.3) is 0 Å². The first kappa shape index (κ1) is 16.5. The van der Waals surface area contributed by atoms with Crippen molar-refractivity contribution in [3.8, 4) is 11.5 Å². The largest absolute Gasteiger partial charge is 0.632 e. The van der Waals surface area contributed by atoms with Crippen molar-refractivity contribution in [1.29, 1.82) is 0 Å². The lowest BCUT2D eigenvalue weighted by Crippen LogP contribution is -2.80. The number of aliphatic hydroxyl groups is 1. The van der Waals surface area contributed by atoms with Gasteiger partial charge in [0, 0.05) is 30.7 Å². The Bertz CT molecular complexity index is 823. The summed E-state index contributed by atoms with van der Waals surface area (Å²) in [6.45, 7) is 4.89. The predicted molar refractivity (Wildman–Crippen MR) is 93.7 cm³/mol. The summed E-state index contributed by atoms with van der Waals surface area (Å²) in [6.07, 6.45) is 0.590. The minimum atomic E-state index is -1.27. The van der Waals surface area contributed by atoms with Gasteiger partial charge in [-0.15, -0.1) is 0 Å². The highest BCUT2D eigenvalue weighted by atomic mass is 16.6. The van der Waals surface area contributed by atoms with Crippen LogP contribution in [0.4, 0.5) is 0 Å². The van der Waals surface area contributed by atoms with Gasteiger partial charge in [0.1, 0.15) is 11.6 Å². The standard InChI is InChI=1S/C20H25NO5/c1-11(2)10-21(25)8-7-19-16-12-3-4-13(22)17(16)26-18(19)14(23)5-6-20(19,24)15(21)9-12/h3-4,11,15,18,22,24H,5-10H2,1-2H3/t15-,18+,19+,20-,21?/m1/s1. The average molecular weight is 359 g/mol. The van der Waals surface area contributed by atoms with Crippen LogP contribution in [-0.2, 0) is 16.6 Å². The molecule has 26 heavy (non-hydrogen) atoms. The molecule has 2 heterocycles. The fourth-order valence-corrected chi connectivity index (χ4v) is 6.42. The number of hydrogen-bond acceptors (Lipinski definition) is 5. The predicted octanol–water partition coefficient (Wildman–Crippen LogP) is 1.78. The number of ether oxygens (including phenoxy) is 1. The van der Waals surface area contributed by atoms with Crippen LogP contribution in [0.25, 0.3) is 0 Å². The molecule has 0 radical (unpaired) electrons. The molecule has 1 saturated carbocycles. The Balaban J connectivity index is 1.77. The van der Waals surface area contributed by atoms with E-state index in [1.807, 2.05) is 19.9 Å². The van der Waals surface area contributed by atoms with Crippen LogP contribution in [0.5, 0.6) is 11.5 Å². The van der Waals surface area contributed by atoms with Gasteiger partial charge in [-0.25, -0.2) is 0 Å². The Morgan fingerprint density at radius 1 is 1.38 bits per heavy atom. The summed E-state index contributed by atoms with van der Waals surface area (Å²) in [4.78, 5) is 12.7. The number of ketones is 1. The number of rotatable bonds is 2. The first-order valence-corrected chi connectivity index (χ1v) is 9.58. The number of carbonyl (C=O) groups excluding carboxylic acids is 1. The van der Waals surface area contributed by atoms with Gasteiger partial charge in [0.15, 0.2) is 23.4 Å². The van der Waals surface area contributed by atoms with Crippen LogP contribution in [0.15, 0.2) is 12.1 Å². The van der Waals surface area contributed by atoms with E-state index in [9.17, 15) is 20.2 Å². The Hall–Kier alpha value is -1.63. The SMILES string of the molecule is CC(C)C[N+]1([O-])CC[C@]23c4c5ccc(O)c4O[C@H]2C(=O)CC[C@@]3(O)[C@H]1C5.